The monoisotopic (exact) mass is 421 g/mol. The van der Waals surface area contributed by atoms with E-state index in [9.17, 15) is 8.42 Å². The smallest absolute Gasteiger partial charge is 0.242 e. The highest BCUT2D eigenvalue weighted by Crippen LogP contribution is 2.24. The van der Waals surface area contributed by atoms with Crippen LogP contribution in [0.15, 0.2) is 23.1 Å². The molecule has 1 fully saturated rings. The van der Waals surface area contributed by atoms with Gasteiger partial charge in [0.25, 0.3) is 0 Å². The highest BCUT2D eigenvalue weighted by Gasteiger charge is 2.23. The van der Waals surface area contributed by atoms with Gasteiger partial charge in [0.1, 0.15) is 5.82 Å². The largest absolute Gasteiger partial charge is 0.327 e. The normalized spacial score (nSPS) is 17.1. The number of piperidine rings is 1. The van der Waals surface area contributed by atoms with Crippen LogP contribution >= 0.6 is 0 Å². The van der Waals surface area contributed by atoms with Crippen LogP contribution in [0.4, 0.5) is 0 Å². The molecule has 1 aromatic carbocycles. The second-order valence-electron chi connectivity index (χ2n) is 8.49. The summed E-state index contributed by atoms with van der Waals surface area (Å²) in [4.78, 5) is 7.61. The Hall–Kier alpha value is -1.48. The Morgan fingerprint density at radius 2 is 1.93 bits per heavy atom. The number of imidazole rings is 1. The highest BCUT2D eigenvalue weighted by molar-refractivity contribution is 7.89. The van der Waals surface area contributed by atoms with E-state index in [4.69, 9.17) is 4.98 Å². The minimum absolute atomic E-state index is 0.295. The second kappa shape index (κ2) is 9.12. The fourth-order valence-electron chi connectivity index (χ4n) is 4.05. The number of hydrogen-bond donors (Lipinski definition) is 1. The van der Waals surface area contributed by atoms with E-state index in [1.807, 2.05) is 6.07 Å². The molecule has 1 N–H and O–H groups in total. The minimum atomic E-state index is -3.46. The van der Waals surface area contributed by atoms with Gasteiger partial charge in [0.15, 0.2) is 0 Å². The van der Waals surface area contributed by atoms with Crippen LogP contribution in [0, 0.1) is 0 Å². The number of rotatable bonds is 8. The third kappa shape index (κ3) is 4.99. The number of aryl methyl sites for hydroxylation is 1. The number of fused-ring (bicyclic) bond motifs is 1. The molecule has 0 radical (unpaired) electrons. The lowest BCUT2D eigenvalue weighted by Gasteiger charge is -2.33. The fourth-order valence-corrected chi connectivity index (χ4v) is 4.98. The van der Waals surface area contributed by atoms with Gasteiger partial charge >= 0.3 is 0 Å². The van der Waals surface area contributed by atoms with Crippen LogP contribution in [-0.4, -0.2) is 66.4 Å². The Bertz CT molecular complexity index is 928. The van der Waals surface area contributed by atoms with E-state index in [0.717, 1.165) is 62.3 Å². The molecule has 0 bridgehead atoms. The van der Waals surface area contributed by atoms with E-state index in [1.165, 1.54) is 4.31 Å². The zero-order valence-electron chi connectivity index (χ0n) is 18.4. The Morgan fingerprint density at radius 3 is 2.52 bits per heavy atom. The number of likely N-dealkylation sites (tertiary alicyclic amines) is 1. The molecule has 1 saturated heterocycles. The van der Waals surface area contributed by atoms with Gasteiger partial charge in [-0.2, -0.15) is 0 Å². The van der Waals surface area contributed by atoms with Crippen LogP contribution < -0.4 is 5.32 Å². The first-order valence-electron chi connectivity index (χ1n) is 10.6. The van der Waals surface area contributed by atoms with Gasteiger partial charge < -0.3 is 9.88 Å². The quantitative estimate of drug-likeness (QED) is 0.710. The Balaban J connectivity index is 1.83. The van der Waals surface area contributed by atoms with Crippen LogP contribution in [0.3, 0.4) is 0 Å². The lowest BCUT2D eigenvalue weighted by atomic mass is 10.0. The van der Waals surface area contributed by atoms with Crippen LogP contribution in [0.5, 0.6) is 0 Å². The van der Waals surface area contributed by atoms with Crippen molar-refractivity contribution in [2.75, 3.05) is 27.2 Å². The number of hydrogen-bond acceptors (Lipinski definition) is 5. The van der Waals surface area contributed by atoms with E-state index < -0.39 is 10.0 Å². The first-order chi connectivity index (χ1) is 13.7. The maximum absolute atomic E-state index is 12.5. The summed E-state index contributed by atoms with van der Waals surface area (Å²) in [7, 11) is -0.353. The van der Waals surface area contributed by atoms with Crippen molar-refractivity contribution in [3.05, 3.63) is 24.0 Å². The molecule has 0 spiro atoms. The van der Waals surface area contributed by atoms with E-state index >= 15 is 0 Å². The van der Waals surface area contributed by atoms with Gasteiger partial charge in [0.2, 0.25) is 10.0 Å². The van der Waals surface area contributed by atoms with Gasteiger partial charge in [-0.1, -0.05) is 20.8 Å². The molecule has 162 valence electrons. The first kappa shape index (κ1) is 22.2. The number of aromatic nitrogens is 2. The van der Waals surface area contributed by atoms with Crippen LogP contribution in [0.1, 0.15) is 45.9 Å². The molecule has 0 amide bonds. The van der Waals surface area contributed by atoms with Gasteiger partial charge in [0, 0.05) is 45.8 Å². The predicted octanol–water partition coefficient (Wildman–Crippen LogP) is 2.66. The van der Waals surface area contributed by atoms with Gasteiger partial charge in [-0.15, -0.1) is 0 Å². The summed E-state index contributed by atoms with van der Waals surface area (Å²) in [5, 5.41) is 3.64. The predicted molar refractivity (Wildman–Crippen MR) is 117 cm³/mol. The lowest BCUT2D eigenvalue weighted by molar-refractivity contribution is 0.181. The topological polar surface area (TPSA) is 70.5 Å². The molecule has 29 heavy (non-hydrogen) atoms. The van der Waals surface area contributed by atoms with Crippen molar-refractivity contribution in [1.29, 1.82) is 0 Å². The minimum Gasteiger partial charge on any atom is -0.327 e. The Labute approximate surface area is 175 Å². The van der Waals surface area contributed by atoms with Crippen molar-refractivity contribution >= 4 is 21.1 Å². The van der Waals surface area contributed by atoms with Crippen LogP contribution in [0.25, 0.3) is 11.0 Å². The fraction of sp³-hybridized carbons (Fsp3) is 0.667. The number of sulfonamides is 1. The average Bonchev–Trinajstić information content (AvgIpc) is 2.99. The molecule has 3 rings (SSSR count). The Morgan fingerprint density at radius 1 is 1.24 bits per heavy atom. The maximum atomic E-state index is 12.5. The molecule has 0 atom stereocenters. The first-order valence-corrected chi connectivity index (χ1v) is 12.1. The van der Waals surface area contributed by atoms with Crippen molar-refractivity contribution in [2.24, 2.45) is 0 Å². The van der Waals surface area contributed by atoms with Gasteiger partial charge in [-0.25, -0.2) is 17.7 Å². The van der Waals surface area contributed by atoms with E-state index in [2.05, 4.69) is 35.6 Å². The maximum Gasteiger partial charge on any atom is 0.242 e. The lowest BCUT2D eigenvalue weighted by Crippen LogP contribution is -2.44. The molecule has 0 aliphatic carbocycles. The average molecular weight is 422 g/mol. The van der Waals surface area contributed by atoms with Crippen molar-refractivity contribution in [1.82, 2.24) is 24.1 Å². The molecule has 1 aliphatic heterocycles. The summed E-state index contributed by atoms with van der Waals surface area (Å²) in [6.07, 6.45) is 3.31. The number of nitrogens with zero attached hydrogens (tertiary/aromatic N) is 4. The molecule has 0 saturated carbocycles. The zero-order chi connectivity index (χ0) is 21.2. The summed E-state index contributed by atoms with van der Waals surface area (Å²) in [5.41, 5.74) is 1.77. The molecule has 7 nitrogen and oxygen atoms in total. The van der Waals surface area contributed by atoms with E-state index in [0.29, 0.717) is 17.0 Å². The summed E-state index contributed by atoms with van der Waals surface area (Å²) in [6, 6.07) is 6.42. The van der Waals surface area contributed by atoms with Crippen molar-refractivity contribution in [3.63, 3.8) is 0 Å². The van der Waals surface area contributed by atoms with Gasteiger partial charge in [0.05, 0.1) is 22.5 Å². The van der Waals surface area contributed by atoms with Crippen LogP contribution in [-0.2, 0) is 23.1 Å². The molecule has 1 aromatic heterocycles. The zero-order valence-corrected chi connectivity index (χ0v) is 19.2. The molecule has 1 aliphatic rings. The highest BCUT2D eigenvalue weighted by atomic mass is 32.2. The standard InChI is InChI=1S/C21H35N5O2S/c1-6-11-26-20-8-7-18(29(27,28)24(4)5)14-19(20)23-21(26)15-25-12-9-17(10-13-25)22-16(2)3/h7-8,14,16-17,22H,6,9-13,15H2,1-5H3. The molecule has 2 aromatic rings. The van der Waals surface area contributed by atoms with Crippen molar-refractivity contribution in [3.8, 4) is 0 Å². The number of benzene rings is 1. The SMILES string of the molecule is CCCn1c(CN2CCC(NC(C)C)CC2)nc2cc(S(=O)(=O)N(C)C)ccc21. The summed E-state index contributed by atoms with van der Waals surface area (Å²) < 4.78 is 28.5. The molecule has 8 heteroatoms. The summed E-state index contributed by atoms with van der Waals surface area (Å²) in [5.74, 6) is 1.02. The number of nitrogens with one attached hydrogen (secondary N) is 1. The van der Waals surface area contributed by atoms with E-state index in [1.54, 1.807) is 26.2 Å². The van der Waals surface area contributed by atoms with Crippen molar-refractivity contribution < 1.29 is 8.42 Å². The second-order valence-corrected chi connectivity index (χ2v) is 10.6. The molecule has 2 heterocycles. The molecular formula is C21H35N5O2S. The molecule has 0 unspecified atom stereocenters. The van der Waals surface area contributed by atoms with Gasteiger partial charge in [-0.3, -0.25) is 4.90 Å². The summed E-state index contributed by atoms with van der Waals surface area (Å²) >= 11 is 0. The van der Waals surface area contributed by atoms with Gasteiger partial charge in [-0.05, 0) is 37.5 Å². The van der Waals surface area contributed by atoms with Crippen LogP contribution in [0.2, 0.25) is 0 Å². The third-order valence-electron chi connectivity index (χ3n) is 5.55. The van der Waals surface area contributed by atoms with E-state index in [-0.39, 0.29) is 0 Å². The summed E-state index contributed by atoms with van der Waals surface area (Å²) in [6.45, 7) is 10.4. The Kier molecular flexibility index (Phi) is 6.98. The van der Waals surface area contributed by atoms with Crippen molar-refractivity contribution in [2.45, 2.75) is 70.1 Å². The third-order valence-corrected chi connectivity index (χ3v) is 7.36. The molecular weight excluding hydrogens is 386 g/mol.